The zero-order valence-corrected chi connectivity index (χ0v) is 12.3. The number of nitrogens with one attached hydrogen (secondary N) is 2. The second kappa shape index (κ2) is 7.26. The van der Waals surface area contributed by atoms with Gasteiger partial charge in [0.1, 0.15) is 0 Å². The average molecular weight is 293 g/mol. The number of hydrogen-bond acceptors (Lipinski definition) is 5. The summed E-state index contributed by atoms with van der Waals surface area (Å²) >= 11 is 0. The molecule has 2 unspecified atom stereocenters. The van der Waals surface area contributed by atoms with Crippen LogP contribution in [0.1, 0.15) is 32.6 Å². The topological polar surface area (TPSA) is 87.4 Å². The van der Waals surface area contributed by atoms with E-state index >= 15 is 0 Å². The summed E-state index contributed by atoms with van der Waals surface area (Å²) in [4.78, 5) is 10.6. The molecule has 0 bridgehead atoms. The van der Waals surface area contributed by atoms with Gasteiger partial charge in [-0.05, 0) is 25.8 Å². The fraction of sp³-hybridized carbons (Fsp3) is 0.600. The summed E-state index contributed by atoms with van der Waals surface area (Å²) in [6.45, 7) is 3.31. The van der Waals surface area contributed by atoms with E-state index in [0.717, 1.165) is 37.1 Å². The molecule has 1 aliphatic carbocycles. The molecule has 1 saturated carbocycles. The van der Waals surface area contributed by atoms with E-state index in [9.17, 15) is 15.2 Å². The molecule has 6 heteroatoms. The molecule has 0 heterocycles. The molecule has 1 fully saturated rings. The van der Waals surface area contributed by atoms with Crippen molar-refractivity contribution in [2.75, 3.05) is 23.7 Å². The van der Waals surface area contributed by atoms with E-state index in [1.54, 1.807) is 0 Å². The SMILES string of the molecule is CCNc1cc(NCC2CCCCC2O)cc([N+](=O)[O-])c1. The molecule has 6 nitrogen and oxygen atoms in total. The molecule has 0 aliphatic heterocycles. The van der Waals surface area contributed by atoms with Crippen LogP contribution in [-0.4, -0.2) is 29.2 Å². The Balaban J connectivity index is 2.05. The van der Waals surface area contributed by atoms with Gasteiger partial charge in [0.25, 0.3) is 5.69 Å². The predicted octanol–water partition coefficient (Wildman–Crippen LogP) is 2.99. The van der Waals surface area contributed by atoms with Crippen LogP contribution >= 0.6 is 0 Å². The van der Waals surface area contributed by atoms with Gasteiger partial charge in [0.2, 0.25) is 0 Å². The van der Waals surface area contributed by atoms with E-state index in [0.29, 0.717) is 13.1 Å². The van der Waals surface area contributed by atoms with Crippen LogP contribution in [0.4, 0.5) is 17.1 Å². The molecule has 0 radical (unpaired) electrons. The molecular formula is C15H23N3O3. The summed E-state index contributed by atoms with van der Waals surface area (Å²) < 4.78 is 0. The first-order valence-electron chi connectivity index (χ1n) is 7.55. The maximum Gasteiger partial charge on any atom is 0.273 e. The Labute approximate surface area is 124 Å². The molecule has 0 saturated heterocycles. The van der Waals surface area contributed by atoms with Crippen LogP contribution in [0, 0.1) is 16.0 Å². The number of rotatable bonds is 6. The molecule has 0 amide bonds. The average Bonchev–Trinajstić information content (AvgIpc) is 2.46. The lowest BCUT2D eigenvalue weighted by atomic mass is 9.86. The molecule has 0 aromatic heterocycles. The second-order valence-corrected chi connectivity index (χ2v) is 5.55. The van der Waals surface area contributed by atoms with Crippen LogP contribution in [0.25, 0.3) is 0 Å². The van der Waals surface area contributed by atoms with E-state index in [2.05, 4.69) is 10.6 Å². The molecule has 2 rings (SSSR count). The monoisotopic (exact) mass is 293 g/mol. The second-order valence-electron chi connectivity index (χ2n) is 5.55. The summed E-state index contributed by atoms with van der Waals surface area (Å²) in [6.07, 6.45) is 3.81. The van der Waals surface area contributed by atoms with E-state index in [1.165, 1.54) is 12.1 Å². The first-order valence-corrected chi connectivity index (χ1v) is 7.55. The maximum atomic E-state index is 11.0. The molecule has 1 aliphatic rings. The third kappa shape index (κ3) is 4.32. The van der Waals surface area contributed by atoms with Crippen molar-refractivity contribution in [2.45, 2.75) is 38.7 Å². The highest BCUT2D eigenvalue weighted by Crippen LogP contribution is 2.27. The molecular weight excluding hydrogens is 270 g/mol. The number of nitro groups is 1. The first-order chi connectivity index (χ1) is 10.1. The van der Waals surface area contributed by atoms with Gasteiger partial charge in [-0.25, -0.2) is 0 Å². The fourth-order valence-corrected chi connectivity index (χ4v) is 2.80. The van der Waals surface area contributed by atoms with Gasteiger partial charge in [-0.2, -0.15) is 0 Å². The predicted molar refractivity (Wildman–Crippen MR) is 83.7 cm³/mol. The lowest BCUT2D eigenvalue weighted by molar-refractivity contribution is -0.384. The molecule has 2 atom stereocenters. The Bertz CT molecular complexity index is 493. The number of benzene rings is 1. The minimum atomic E-state index is -0.387. The minimum Gasteiger partial charge on any atom is -0.393 e. The van der Waals surface area contributed by atoms with Crippen molar-refractivity contribution in [3.63, 3.8) is 0 Å². The normalized spacial score (nSPS) is 21.8. The van der Waals surface area contributed by atoms with Crippen molar-refractivity contribution in [2.24, 2.45) is 5.92 Å². The van der Waals surface area contributed by atoms with E-state index in [-0.39, 0.29) is 22.6 Å². The van der Waals surface area contributed by atoms with E-state index in [4.69, 9.17) is 0 Å². The Morgan fingerprint density at radius 2 is 1.90 bits per heavy atom. The standard InChI is InChI=1S/C15H23N3O3/c1-2-16-12-7-13(9-14(8-12)18(20)21)17-10-11-5-3-4-6-15(11)19/h7-9,11,15-17,19H,2-6,10H2,1H3. The molecule has 21 heavy (non-hydrogen) atoms. The van der Waals surface area contributed by atoms with Crippen LogP contribution in [0.2, 0.25) is 0 Å². The highest BCUT2D eigenvalue weighted by Gasteiger charge is 2.22. The zero-order chi connectivity index (χ0) is 15.2. The quantitative estimate of drug-likeness (QED) is 0.554. The van der Waals surface area contributed by atoms with Crippen LogP contribution in [0.5, 0.6) is 0 Å². The van der Waals surface area contributed by atoms with Gasteiger partial charge in [-0.15, -0.1) is 0 Å². The number of nitrogens with zero attached hydrogens (tertiary/aromatic N) is 1. The number of hydrogen-bond donors (Lipinski definition) is 3. The van der Waals surface area contributed by atoms with Crippen LogP contribution in [-0.2, 0) is 0 Å². The molecule has 1 aromatic carbocycles. The largest absolute Gasteiger partial charge is 0.393 e. The Hall–Kier alpha value is -1.82. The van der Waals surface area contributed by atoms with Gasteiger partial charge in [-0.1, -0.05) is 12.8 Å². The van der Waals surface area contributed by atoms with Gasteiger partial charge < -0.3 is 15.7 Å². The van der Waals surface area contributed by atoms with Crippen molar-refractivity contribution in [3.8, 4) is 0 Å². The summed E-state index contributed by atoms with van der Waals surface area (Å²) in [5.74, 6) is 0.223. The highest BCUT2D eigenvalue weighted by molar-refractivity contribution is 5.63. The number of aliphatic hydroxyl groups excluding tert-OH is 1. The molecule has 1 aromatic rings. The fourth-order valence-electron chi connectivity index (χ4n) is 2.80. The van der Waals surface area contributed by atoms with Crippen molar-refractivity contribution in [1.29, 1.82) is 0 Å². The van der Waals surface area contributed by atoms with Gasteiger partial charge in [0.05, 0.1) is 11.0 Å². The summed E-state index contributed by atoms with van der Waals surface area (Å²) in [5.41, 5.74) is 1.52. The van der Waals surface area contributed by atoms with Crippen LogP contribution < -0.4 is 10.6 Å². The Kier molecular flexibility index (Phi) is 5.38. The van der Waals surface area contributed by atoms with Gasteiger partial charge in [-0.3, -0.25) is 10.1 Å². The summed E-state index contributed by atoms with van der Waals surface area (Å²) in [7, 11) is 0. The Morgan fingerprint density at radius 3 is 2.52 bits per heavy atom. The number of aliphatic hydroxyl groups is 1. The molecule has 0 spiro atoms. The third-order valence-electron chi connectivity index (χ3n) is 3.95. The van der Waals surface area contributed by atoms with Gasteiger partial charge in [0, 0.05) is 42.5 Å². The molecule has 116 valence electrons. The lowest BCUT2D eigenvalue weighted by Crippen LogP contribution is -2.30. The van der Waals surface area contributed by atoms with Crippen LogP contribution in [0.3, 0.4) is 0 Å². The maximum absolute atomic E-state index is 11.0. The smallest absolute Gasteiger partial charge is 0.273 e. The van der Waals surface area contributed by atoms with Crippen LogP contribution in [0.15, 0.2) is 18.2 Å². The van der Waals surface area contributed by atoms with Gasteiger partial charge >= 0.3 is 0 Å². The van der Waals surface area contributed by atoms with Crippen molar-refractivity contribution < 1.29 is 10.0 Å². The number of nitro benzene ring substituents is 1. The van der Waals surface area contributed by atoms with E-state index in [1.807, 2.05) is 13.0 Å². The Morgan fingerprint density at radius 1 is 1.24 bits per heavy atom. The highest BCUT2D eigenvalue weighted by atomic mass is 16.6. The van der Waals surface area contributed by atoms with Crippen molar-refractivity contribution in [3.05, 3.63) is 28.3 Å². The summed E-state index contributed by atoms with van der Waals surface area (Å²) in [6, 6.07) is 4.94. The minimum absolute atomic E-state index is 0.0696. The number of non-ortho nitro benzene ring substituents is 1. The first kappa shape index (κ1) is 15.6. The summed E-state index contributed by atoms with van der Waals surface area (Å²) in [5, 5.41) is 27.3. The molecule has 3 N–H and O–H groups in total. The van der Waals surface area contributed by atoms with E-state index < -0.39 is 0 Å². The zero-order valence-electron chi connectivity index (χ0n) is 12.3. The lowest BCUT2D eigenvalue weighted by Gasteiger charge is -2.28. The third-order valence-corrected chi connectivity index (χ3v) is 3.95. The number of anilines is 2. The van der Waals surface area contributed by atoms with Gasteiger partial charge in [0.15, 0.2) is 0 Å². The van der Waals surface area contributed by atoms with Crippen molar-refractivity contribution >= 4 is 17.1 Å². The van der Waals surface area contributed by atoms with Crippen molar-refractivity contribution in [1.82, 2.24) is 0 Å².